The van der Waals surface area contributed by atoms with Crippen LogP contribution in [-0.4, -0.2) is 33.3 Å². The molecule has 1 aromatic heterocycles. The highest BCUT2D eigenvalue weighted by molar-refractivity contribution is 7.91. The summed E-state index contributed by atoms with van der Waals surface area (Å²) < 4.78 is 24.7. The van der Waals surface area contributed by atoms with Crippen molar-refractivity contribution in [3.63, 3.8) is 0 Å². The monoisotopic (exact) mass is 424 g/mol. The second-order valence-corrected chi connectivity index (χ2v) is 8.99. The third-order valence-corrected chi connectivity index (χ3v) is 6.80. The zero-order chi connectivity index (χ0) is 20.7. The van der Waals surface area contributed by atoms with Crippen molar-refractivity contribution in [2.24, 2.45) is 0 Å². The average Bonchev–Trinajstić information content (AvgIpc) is 3.16. The van der Waals surface area contributed by atoms with Gasteiger partial charge in [0, 0.05) is 36.1 Å². The van der Waals surface area contributed by atoms with Crippen molar-refractivity contribution in [2.45, 2.75) is 31.5 Å². The van der Waals surface area contributed by atoms with Gasteiger partial charge in [0.2, 0.25) is 5.91 Å². The number of carbonyl (C=O) groups excluding carboxylic acids is 2. The molecule has 1 heterocycles. The molecule has 0 aliphatic carbocycles. The Morgan fingerprint density at radius 1 is 1.04 bits per heavy atom. The fraction of sp³-hybridized carbons (Fsp3) is 0.333. The first-order valence-corrected chi connectivity index (χ1v) is 11.1. The van der Waals surface area contributed by atoms with Gasteiger partial charge in [-0.2, -0.15) is 0 Å². The molecule has 0 fully saturated rings. The summed E-state index contributed by atoms with van der Waals surface area (Å²) in [5.74, 6) is -0.750. The normalized spacial score (nSPS) is 11.1. The van der Waals surface area contributed by atoms with Crippen LogP contribution in [0.5, 0.6) is 0 Å². The van der Waals surface area contributed by atoms with Crippen molar-refractivity contribution >= 4 is 38.9 Å². The SMILES string of the molecule is CCN(CC)c1ccc(C(=O)NNS(=O)(=O)c2ccc(CNC(C)=O)s2)cc1. The summed E-state index contributed by atoms with van der Waals surface area (Å²) in [7, 11) is -3.89. The number of sulfonamides is 1. The lowest BCUT2D eigenvalue weighted by atomic mass is 10.2. The Hall–Kier alpha value is -2.43. The summed E-state index contributed by atoms with van der Waals surface area (Å²) >= 11 is 1.02. The van der Waals surface area contributed by atoms with Crippen molar-refractivity contribution < 1.29 is 18.0 Å². The first-order valence-electron chi connectivity index (χ1n) is 8.77. The molecule has 0 bridgehead atoms. The zero-order valence-electron chi connectivity index (χ0n) is 16.0. The Morgan fingerprint density at radius 2 is 1.68 bits per heavy atom. The molecule has 10 heteroatoms. The highest BCUT2D eigenvalue weighted by atomic mass is 32.2. The summed E-state index contributed by atoms with van der Waals surface area (Å²) in [6.45, 7) is 7.44. The van der Waals surface area contributed by atoms with E-state index in [1.54, 1.807) is 18.2 Å². The molecule has 2 aromatic rings. The molecule has 2 amide bonds. The van der Waals surface area contributed by atoms with Crippen LogP contribution in [0.2, 0.25) is 0 Å². The number of benzene rings is 1. The smallest absolute Gasteiger partial charge is 0.266 e. The summed E-state index contributed by atoms with van der Waals surface area (Å²) in [6.07, 6.45) is 0. The number of hydrogen-bond donors (Lipinski definition) is 3. The maximum atomic E-state index is 12.3. The van der Waals surface area contributed by atoms with Gasteiger partial charge < -0.3 is 10.2 Å². The van der Waals surface area contributed by atoms with E-state index < -0.39 is 15.9 Å². The number of amides is 2. The fourth-order valence-electron chi connectivity index (χ4n) is 2.46. The molecular weight excluding hydrogens is 400 g/mol. The predicted molar refractivity (Wildman–Crippen MR) is 110 cm³/mol. The lowest BCUT2D eigenvalue weighted by molar-refractivity contribution is -0.119. The van der Waals surface area contributed by atoms with Crippen molar-refractivity contribution in [1.82, 2.24) is 15.6 Å². The third kappa shape index (κ3) is 5.78. The molecular formula is C18H24N4O4S2. The van der Waals surface area contributed by atoms with Gasteiger partial charge in [-0.15, -0.1) is 16.2 Å². The number of carbonyl (C=O) groups is 2. The lowest BCUT2D eigenvalue weighted by Gasteiger charge is -2.21. The minimum absolute atomic E-state index is 0.0463. The number of nitrogens with one attached hydrogen (secondary N) is 3. The van der Waals surface area contributed by atoms with Gasteiger partial charge >= 0.3 is 0 Å². The van der Waals surface area contributed by atoms with Gasteiger partial charge in [-0.3, -0.25) is 15.0 Å². The van der Waals surface area contributed by atoms with Crippen molar-refractivity contribution in [1.29, 1.82) is 0 Å². The number of hydrazine groups is 1. The van der Waals surface area contributed by atoms with Crippen LogP contribution >= 0.6 is 11.3 Å². The second-order valence-electron chi connectivity index (χ2n) is 5.91. The number of nitrogens with zero attached hydrogens (tertiary/aromatic N) is 1. The first-order chi connectivity index (χ1) is 13.3. The molecule has 0 atom stereocenters. The largest absolute Gasteiger partial charge is 0.372 e. The average molecular weight is 425 g/mol. The van der Waals surface area contributed by atoms with E-state index in [1.165, 1.54) is 13.0 Å². The van der Waals surface area contributed by atoms with Crippen LogP contribution in [0.1, 0.15) is 36.0 Å². The Labute approximate surface area is 169 Å². The molecule has 28 heavy (non-hydrogen) atoms. The first kappa shape index (κ1) is 21.9. The van der Waals surface area contributed by atoms with E-state index in [-0.39, 0.29) is 16.7 Å². The summed E-state index contributed by atoms with van der Waals surface area (Å²) in [6, 6.07) is 9.98. The molecule has 3 N–H and O–H groups in total. The summed E-state index contributed by atoms with van der Waals surface area (Å²) in [5, 5.41) is 2.60. The minimum Gasteiger partial charge on any atom is -0.372 e. The minimum atomic E-state index is -3.89. The van der Waals surface area contributed by atoms with Gasteiger partial charge in [0.25, 0.3) is 15.9 Å². The van der Waals surface area contributed by atoms with Crippen LogP contribution < -0.4 is 20.5 Å². The summed E-state index contributed by atoms with van der Waals surface area (Å²) in [4.78, 5) is 28.1. The third-order valence-electron chi connectivity index (χ3n) is 3.97. The van der Waals surface area contributed by atoms with E-state index in [0.29, 0.717) is 10.4 Å². The van der Waals surface area contributed by atoms with Gasteiger partial charge in [-0.25, -0.2) is 8.42 Å². The number of rotatable bonds is 9. The van der Waals surface area contributed by atoms with Crippen LogP contribution in [0.4, 0.5) is 5.69 Å². The number of thiophene rings is 1. The van der Waals surface area contributed by atoms with Gasteiger partial charge in [0.05, 0.1) is 6.54 Å². The topological polar surface area (TPSA) is 108 Å². The van der Waals surface area contributed by atoms with Gasteiger partial charge in [0.15, 0.2) is 0 Å². The zero-order valence-corrected chi connectivity index (χ0v) is 17.6. The molecule has 2 rings (SSSR count). The Kier molecular flexibility index (Phi) is 7.55. The molecule has 0 spiro atoms. The molecule has 0 saturated heterocycles. The van der Waals surface area contributed by atoms with Crippen LogP contribution in [-0.2, 0) is 21.4 Å². The molecule has 8 nitrogen and oxygen atoms in total. The van der Waals surface area contributed by atoms with E-state index in [4.69, 9.17) is 0 Å². The maximum Gasteiger partial charge on any atom is 0.266 e. The van der Waals surface area contributed by atoms with E-state index in [9.17, 15) is 18.0 Å². The van der Waals surface area contributed by atoms with Gasteiger partial charge in [-0.05, 0) is 50.2 Å². The summed E-state index contributed by atoms with van der Waals surface area (Å²) in [5.41, 5.74) is 3.56. The quantitative estimate of drug-likeness (QED) is 0.533. The highest BCUT2D eigenvalue weighted by Crippen LogP contribution is 2.21. The second kappa shape index (κ2) is 9.67. The number of anilines is 1. The Bertz CT molecular complexity index is 919. The van der Waals surface area contributed by atoms with E-state index in [2.05, 4.69) is 20.5 Å². The standard InChI is InChI=1S/C18H24N4O4S2/c1-4-22(5-2)15-8-6-14(7-9-15)18(24)20-21-28(25,26)17-11-10-16(27-17)12-19-13(3)23/h6-11,21H,4-5,12H2,1-3H3,(H,19,23)(H,20,24). The van der Waals surface area contributed by atoms with E-state index >= 15 is 0 Å². The molecule has 0 aliphatic heterocycles. The van der Waals surface area contributed by atoms with Crippen LogP contribution in [0.15, 0.2) is 40.6 Å². The highest BCUT2D eigenvalue weighted by Gasteiger charge is 2.18. The molecule has 0 unspecified atom stereocenters. The molecule has 0 aliphatic rings. The van der Waals surface area contributed by atoms with E-state index in [1.807, 2.05) is 26.0 Å². The Morgan fingerprint density at radius 3 is 2.25 bits per heavy atom. The molecule has 0 radical (unpaired) electrons. The molecule has 1 aromatic carbocycles. The van der Waals surface area contributed by atoms with Crippen LogP contribution in [0, 0.1) is 0 Å². The number of hydrogen-bond acceptors (Lipinski definition) is 6. The molecule has 0 saturated carbocycles. The van der Waals surface area contributed by atoms with Crippen LogP contribution in [0.3, 0.4) is 0 Å². The van der Waals surface area contributed by atoms with E-state index in [0.717, 1.165) is 30.1 Å². The lowest BCUT2D eigenvalue weighted by Crippen LogP contribution is -2.41. The Balaban J connectivity index is 1.98. The van der Waals surface area contributed by atoms with Crippen molar-refractivity contribution in [3.8, 4) is 0 Å². The van der Waals surface area contributed by atoms with Crippen molar-refractivity contribution in [2.75, 3.05) is 18.0 Å². The van der Waals surface area contributed by atoms with Crippen LogP contribution in [0.25, 0.3) is 0 Å². The van der Waals surface area contributed by atoms with Gasteiger partial charge in [-0.1, -0.05) is 0 Å². The maximum absolute atomic E-state index is 12.3. The predicted octanol–water partition coefficient (Wildman–Crippen LogP) is 1.85. The van der Waals surface area contributed by atoms with Gasteiger partial charge in [0.1, 0.15) is 4.21 Å². The van der Waals surface area contributed by atoms with Crippen molar-refractivity contribution in [3.05, 3.63) is 46.8 Å². The molecule has 152 valence electrons. The fourth-order valence-corrected chi connectivity index (χ4v) is 4.59.